The lowest BCUT2D eigenvalue weighted by molar-refractivity contribution is -0.166. The summed E-state index contributed by atoms with van der Waals surface area (Å²) in [7, 11) is 2.06. The van der Waals surface area contributed by atoms with Crippen molar-refractivity contribution in [3.05, 3.63) is 0 Å². The summed E-state index contributed by atoms with van der Waals surface area (Å²) in [6.45, 7) is 7.21. The van der Waals surface area contributed by atoms with Crippen LogP contribution < -0.4 is 0 Å². The lowest BCUT2D eigenvalue weighted by atomic mass is 9.75. The quantitative estimate of drug-likeness (QED) is 0.479. The summed E-state index contributed by atoms with van der Waals surface area (Å²) in [4.78, 5) is 13.3. The number of esters is 1. The van der Waals surface area contributed by atoms with E-state index in [0.717, 1.165) is 13.1 Å². The van der Waals surface area contributed by atoms with Gasteiger partial charge in [-0.25, -0.2) is 0 Å². The molecular weight excluding hydrogens is 190 g/mol. The molecule has 0 N–H and O–H groups in total. The minimum absolute atomic E-state index is 0.167. The zero-order valence-electron chi connectivity index (χ0n) is 9.91. The minimum Gasteiger partial charge on any atom is -0.445 e. The monoisotopic (exact) mass is 209 g/mol. The minimum atomic E-state index is -0.724. The summed E-state index contributed by atoms with van der Waals surface area (Å²) in [6, 6.07) is 0. The van der Waals surface area contributed by atoms with Gasteiger partial charge in [0.05, 0.1) is 0 Å². The average Bonchev–Trinajstić information content (AvgIpc) is 2.11. The molecule has 1 saturated heterocycles. The normalized spacial score (nSPS) is 30.6. The van der Waals surface area contributed by atoms with Crippen LogP contribution >= 0.6 is 0 Å². The first kappa shape index (κ1) is 12.1. The Labute approximate surface area is 91.8 Å². The lowest BCUT2D eigenvalue weighted by Gasteiger charge is -2.45. The molecule has 3 heteroatoms. The number of terminal acetylenes is 1. The first-order valence-electron chi connectivity index (χ1n) is 5.28. The highest BCUT2D eigenvalue weighted by Crippen LogP contribution is 2.35. The third-order valence-corrected chi connectivity index (χ3v) is 3.17. The molecule has 0 saturated carbocycles. The number of likely N-dealkylation sites (tertiary alicyclic amines) is 1. The maximum Gasteiger partial charge on any atom is 0.304 e. The Morgan fingerprint density at radius 2 is 1.93 bits per heavy atom. The molecule has 0 radical (unpaired) electrons. The predicted molar refractivity (Wildman–Crippen MR) is 59.2 cm³/mol. The van der Waals surface area contributed by atoms with E-state index in [1.165, 1.54) is 6.92 Å². The summed E-state index contributed by atoms with van der Waals surface area (Å²) in [5, 5.41) is 0. The van der Waals surface area contributed by atoms with Gasteiger partial charge in [-0.3, -0.25) is 4.79 Å². The molecule has 1 fully saturated rings. The smallest absolute Gasteiger partial charge is 0.304 e. The Morgan fingerprint density at radius 1 is 1.47 bits per heavy atom. The van der Waals surface area contributed by atoms with E-state index in [1.54, 1.807) is 0 Å². The van der Waals surface area contributed by atoms with Crippen LogP contribution in [0, 0.1) is 24.2 Å². The van der Waals surface area contributed by atoms with E-state index in [9.17, 15) is 4.79 Å². The van der Waals surface area contributed by atoms with Gasteiger partial charge in [-0.05, 0) is 7.05 Å². The molecular formula is C12H19NO2. The van der Waals surface area contributed by atoms with Crippen LogP contribution in [-0.4, -0.2) is 36.6 Å². The molecule has 0 unspecified atom stereocenters. The fourth-order valence-corrected chi connectivity index (χ4v) is 2.52. The second kappa shape index (κ2) is 4.24. The molecule has 84 valence electrons. The first-order chi connectivity index (χ1) is 6.92. The molecule has 0 aromatic carbocycles. The van der Waals surface area contributed by atoms with E-state index in [1.807, 2.05) is 13.8 Å². The van der Waals surface area contributed by atoms with Gasteiger partial charge in [0, 0.05) is 31.8 Å². The second-order valence-electron chi connectivity index (χ2n) is 4.55. The summed E-state index contributed by atoms with van der Waals surface area (Å²) < 4.78 is 5.40. The number of hydrogen-bond donors (Lipinski definition) is 0. The van der Waals surface area contributed by atoms with E-state index in [4.69, 9.17) is 11.2 Å². The van der Waals surface area contributed by atoms with Crippen LogP contribution in [0.2, 0.25) is 0 Å². The topological polar surface area (TPSA) is 29.5 Å². The molecule has 0 spiro atoms. The Hall–Kier alpha value is -1.01. The zero-order valence-corrected chi connectivity index (χ0v) is 9.91. The molecule has 2 atom stereocenters. The standard InChI is InChI=1S/C12H19NO2/c1-6-12(15-11(4)14)9(2)7-13(5)8-10(12)3/h1,9-10H,7-8H2,2-5H3/t9-,10-/m0/s1. The van der Waals surface area contributed by atoms with E-state index in [2.05, 4.69) is 17.9 Å². The summed E-state index contributed by atoms with van der Waals surface area (Å²) in [5.74, 6) is 2.74. The first-order valence-corrected chi connectivity index (χ1v) is 5.28. The van der Waals surface area contributed by atoms with Gasteiger partial charge in [0.2, 0.25) is 0 Å². The summed E-state index contributed by atoms with van der Waals surface area (Å²) in [6.07, 6.45) is 5.57. The van der Waals surface area contributed by atoms with E-state index >= 15 is 0 Å². The van der Waals surface area contributed by atoms with Crippen LogP contribution in [-0.2, 0) is 9.53 Å². The maximum absolute atomic E-state index is 11.1. The number of carbonyl (C=O) groups is 1. The van der Waals surface area contributed by atoms with Crippen LogP contribution in [0.4, 0.5) is 0 Å². The van der Waals surface area contributed by atoms with Gasteiger partial charge < -0.3 is 9.64 Å². The fourth-order valence-electron chi connectivity index (χ4n) is 2.52. The van der Waals surface area contributed by atoms with Gasteiger partial charge in [0.25, 0.3) is 0 Å². The van der Waals surface area contributed by atoms with Crippen molar-refractivity contribution in [1.82, 2.24) is 4.90 Å². The molecule has 0 bridgehead atoms. The largest absolute Gasteiger partial charge is 0.445 e. The Kier molecular flexibility index (Phi) is 3.41. The summed E-state index contributed by atoms with van der Waals surface area (Å²) in [5.41, 5.74) is -0.724. The molecule has 1 aliphatic rings. The van der Waals surface area contributed by atoms with E-state index < -0.39 is 5.60 Å². The average molecular weight is 209 g/mol. The second-order valence-corrected chi connectivity index (χ2v) is 4.55. The number of nitrogens with zero attached hydrogens (tertiary/aromatic N) is 1. The molecule has 0 aliphatic carbocycles. The molecule has 3 nitrogen and oxygen atoms in total. The van der Waals surface area contributed by atoms with Crippen molar-refractivity contribution >= 4 is 5.97 Å². The van der Waals surface area contributed by atoms with E-state index in [-0.39, 0.29) is 17.8 Å². The van der Waals surface area contributed by atoms with Crippen molar-refractivity contribution in [2.75, 3.05) is 20.1 Å². The predicted octanol–water partition coefficient (Wildman–Crippen LogP) is 1.14. The number of hydrogen-bond acceptors (Lipinski definition) is 3. The van der Waals surface area contributed by atoms with Crippen LogP contribution in [0.1, 0.15) is 20.8 Å². The number of piperidine rings is 1. The molecule has 1 heterocycles. The van der Waals surface area contributed by atoms with Gasteiger partial charge in [-0.1, -0.05) is 19.8 Å². The fraction of sp³-hybridized carbons (Fsp3) is 0.750. The van der Waals surface area contributed by atoms with Gasteiger partial charge in [-0.2, -0.15) is 0 Å². The number of rotatable bonds is 1. The Morgan fingerprint density at radius 3 is 2.27 bits per heavy atom. The van der Waals surface area contributed by atoms with Gasteiger partial charge in [0.15, 0.2) is 5.60 Å². The molecule has 1 aliphatic heterocycles. The molecule has 15 heavy (non-hydrogen) atoms. The SMILES string of the molecule is C#CC1(OC(C)=O)[C@@H](C)CN(C)C[C@@H]1C. The lowest BCUT2D eigenvalue weighted by Crippen LogP contribution is -2.56. The number of ether oxygens (including phenoxy) is 1. The maximum atomic E-state index is 11.1. The van der Waals surface area contributed by atoms with Crippen molar-refractivity contribution in [3.63, 3.8) is 0 Å². The molecule has 0 amide bonds. The van der Waals surface area contributed by atoms with Crippen molar-refractivity contribution in [3.8, 4) is 12.3 Å². The molecule has 0 aromatic heterocycles. The molecule has 0 aromatic rings. The summed E-state index contributed by atoms with van der Waals surface area (Å²) >= 11 is 0. The van der Waals surface area contributed by atoms with Crippen LogP contribution in [0.15, 0.2) is 0 Å². The highest BCUT2D eigenvalue weighted by Gasteiger charge is 2.46. The van der Waals surface area contributed by atoms with Gasteiger partial charge in [0.1, 0.15) is 0 Å². The van der Waals surface area contributed by atoms with Crippen LogP contribution in [0.5, 0.6) is 0 Å². The van der Waals surface area contributed by atoms with Crippen molar-refractivity contribution in [2.45, 2.75) is 26.4 Å². The van der Waals surface area contributed by atoms with Crippen molar-refractivity contribution in [1.29, 1.82) is 0 Å². The van der Waals surface area contributed by atoms with Crippen molar-refractivity contribution < 1.29 is 9.53 Å². The van der Waals surface area contributed by atoms with Crippen LogP contribution in [0.25, 0.3) is 0 Å². The van der Waals surface area contributed by atoms with Crippen molar-refractivity contribution in [2.24, 2.45) is 11.8 Å². The Balaban J connectivity index is 2.95. The third kappa shape index (κ3) is 2.15. The van der Waals surface area contributed by atoms with E-state index in [0.29, 0.717) is 0 Å². The zero-order chi connectivity index (χ0) is 11.6. The van der Waals surface area contributed by atoms with Gasteiger partial charge >= 0.3 is 5.97 Å². The third-order valence-electron chi connectivity index (χ3n) is 3.17. The Bertz CT molecular complexity index is 280. The molecule has 1 rings (SSSR count). The number of carbonyl (C=O) groups excluding carboxylic acids is 1. The van der Waals surface area contributed by atoms with Gasteiger partial charge in [-0.15, -0.1) is 6.42 Å². The van der Waals surface area contributed by atoms with Crippen LogP contribution in [0.3, 0.4) is 0 Å². The highest BCUT2D eigenvalue weighted by atomic mass is 16.6. The highest BCUT2D eigenvalue weighted by molar-refractivity contribution is 5.67.